The third-order valence-electron chi connectivity index (χ3n) is 5.90. The molecule has 0 aromatic carbocycles. The molecule has 1 aromatic rings. The number of pyridine rings is 1. The SMILES string of the molecule is CC=CC(C)(C(C)CC)C1CC=C(C#N)C=C1c1cc(N(C)C)ccn1. The van der Waals surface area contributed by atoms with E-state index in [0.717, 1.165) is 29.8 Å². The van der Waals surface area contributed by atoms with Crippen molar-refractivity contribution in [3.8, 4) is 6.07 Å². The summed E-state index contributed by atoms with van der Waals surface area (Å²) >= 11 is 0. The summed E-state index contributed by atoms with van der Waals surface area (Å²) in [6, 6.07) is 6.46. The molecule has 2 rings (SSSR count). The number of rotatable bonds is 6. The largest absolute Gasteiger partial charge is 0.378 e. The minimum absolute atomic E-state index is 0.0165. The minimum Gasteiger partial charge on any atom is -0.378 e. The van der Waals surface area contributed by atoms with Crippen LogP contribution in [0.2, 0.25) is 0 Å². The molecule has 0 amide bonds. The zero-order valence-electron chi connectivity index (χ0n) is 17.0. The summed E-state index contributed by atoms with van der Waals surface area (Å²) in [5.41, 5.74) is 4.02. The molecule has 3 heteroatoms. The van der Waals surface area contributed by atoms with Crippen LogP contribution in [0.5, 0.6) is 0 Å². The number of nitrogens with zero attached hydrogens (tertiary/aromatic N) is 3. The Bertz CT molecular complexity index is 764. The van der Waals surface area contributed by atoms with E-state index in [0.29, 0.717) is 11.8 Å². The number of hydrogen-bond donors (Lipinski definition) is 0. The van der Waals surface area contributed by atoms with Crippen LogP contribution in [0.25, 0.3) is 5.57 Å². The van der Waals surface area contributed by atoms with Crippen LogP contribution in [0.15, 0.2) is 48.2 Å². The van der Waals surface area contributed by atoms with Crippen molar-refractivity contribution < 1.29 is 0 Å². The van der Waals surface area contributed by atoms with Gasteiger partial charge in [-0.1, -0.05) is 45.4 Å². The van der Waals surface area contributed by atoms with E-state index in [2.05, 4.69) is 67.9 Å². The number of allylic oxidation sites excluding steroid dienone is 6. The summed E-state index contributed by atoms with van der Waals surface area (Å²) < 4.78 is 0. The molecule has 3 atom stereocenters. The van der Waals surface area contributed by atoms with Crippen LogP contribution in [0.3, 0.4) is 0 Å². The molecular formula is C23H31N3. The van der Waals surface area contributed by atoms with Gasteiger partial charge in [0.05, 0.1) is 11.8 Å². The van der Waals surface area contributed by atoms with Gasteiger partial charge in [-0.2, -0.15) is 5.26 Å². The number of aromatic nitrogens is 1. The maximum atomic E-state index is 9.44. The van der Waals surface area contributed by atoms with Gasteiger partial charge in [0.15, 0.2) is 0 Å². The van der Waals surface area contributed by atoms with Crippen molar-refractivity contribution in [2.45, 2.75) is 40.5 Å². The zero-order chi connectivity index (χ0) is 19.3. The van der Waals surface area contributed by atoms with E-state index in [1.165, 1.54) is 5.57 Å². The summed E-state index contributed by atoms with van der Waals surface area (Å²) in [7, 11) is 4.07. The molecule has 0 spiro atoms. The highest BCUT2D eigenvalue weighted by Gasteiger charge is 2.39. The first-order valence-electron chi connectivity index (χ1n) is 9.46. The minimum atomic E-state index is 0.0165. The Hall–Kier alpha value is -2.34. The summed E-state index contributed by atoms with van der Waals surface area (Å²) in [6.07, 6.45) is 12.5. The maximum Gasteiger partial charge on any atom is 0.0988 e. The summed E-state index contributed by atoms with van der Waals surface area (Å²) in [5, 5.41) is 9.44. The third kappa shape index (κ3) is 3.90. The van der Waals surface area contributed by atoms with Gasteiger partial charge in [0.1, 0.15) is 0 Å². The highest BCUT2D eigenvalue weighted by molar-refractivity contribution is 5.73. The average molecular weight is 350 g/mol. The molecule has 1 aliphatic carbocycles. The van der Waals surface area contributed by atoms with Gasteiger partial charge in [0.2, 0.25) is 0 Å². The first kappa shape index (κ1) is 20.0. The van der Waals surface area contributed by atoms with E-state index in [1.807, 2.05) is 32.4 Å². The van der Waals surface area contributed by atoms with E-state index in [-0.39, 0.29) is 5.41 Å². The van der Waals surface area contributed by atoms with Crippen molar-refractivity contribution >= 4 is 11.3 Å². The molecule has 26 heavy (non-hydrogen) atoms. The Balaban J connectivity index is 2.60. The molecule has 1 aliphatic rings. The van der Waals surface area contributed by atoms with Gasteiger partial charge in [-0.05, 0) is 54.4 Å². The van der Waals surface area contributed by atoms with Gasteiger partial charge < -0.3 is 4.90 Å². The van der Waals surface area contributed by atoms with E-state index >= 15 is 0 Å². The predicted octanol–water partition coefficient (Wildman–Crippen LogP) is 5.63. The van der Waals surface area contributed by atoms with Gasteiger partial charge in [0, 0.05) is 31.6 Å². The Morgan fingerprint density at radius 2 is 2.19 bits per heavy atom. The molecule has 3 nitrogen and oxygen atoms in total. The molecule has 0 saturated carbocycles. The average Bonchev–Trinajstić information content (AvgIpc) is 2.66. The molecule has 1 aromatic heterocycles. The van der Waals surface area contributed by atoms with Crippen LogP contribution >= 0.6 is 0 Å². The monoisotopic (exact) mass is 349 g/mol. The Kier molecular flexibility index (Phi) is 6.42. The van der Waals surface area contributed by atoms with Crippen LogP contribution < -0.4 is 4.90 Å². The quantitative estimate of drug-likeness (QED) is 0.625. The fraction of sp³-hybridized carbons (Fsp3) is 0.478. The predicted molar refractivity (Wildman–Crippen MR) is 111 cm³/mol. The van der Waals surface area contributed by atoms with E-state index < -0.39 is 0 Å². The second-order valence-electron chi connectivity index (χ2n) is 7.63. The normalized spacial score (nSPS) is 20.7. The fourth-order valence-electron chi connectivity index (χ4n) is 3.90. The van der Waals surface area contributed by atoms with Crippen LogP contribution in [-0.2, 0) is 0 Å². The Morgan fingerprint density at radius 1 is 1.46 bits per heavy atom. The second-order valence-corrected chi connectivity index (χ2v) is 7.63. The molecule has 0 aliphatic heterocycles. The van der Waals surface area contributed by atoms with Crippen molar-refractivity contribution in [3.05, 3.63) is 53.9 Å². The fourth-order valence-corrected chi connectivity index (χ4v) is 3.90. The first-order valence-corrected chi connectivity index (χ1v) is 9.46. The first-order chi connectivity index (χ1) is 12.4. The van der Waals surface area contributed by atoms with Gasteiger partial charge in [0.25, 0.3) is 0 Å². The lowest BCUT2D eigenvalue weighted by molar-refractivity contribution is 0.200. The van der Waals surface area contributed by atoms with E-state index in [1.54, 1.807) is 0 Å². The molecule has 3 unspecified atom stereocenters. The molecule has 0 saturated heterocycles. The van der Waals surface area contributed by atoms with Crippen molar-refractivity contribution in [2.24, 2.45) is 17.3 Å². The van der Waals surface area contributed by atoms with Gasteiger partial charge >= 0.3 is 0 Å². The molecule has 0 radical (unpaired) electrons. The highest BCUT2D eigenvalue weighted by atomic mass is 15.1. The van der Waals surface area contributed by atoms with E-state index in [4.69, 9.17) is 0 Å². The van der Waals surface area contributed by atoms with Crippen LogP contribution in [0, 0.1) is 28.6 Å². The molecule has 1 heterocycles. The van der Waals surface area contributed by atoms with Crippen molar-refractivity contribution in [3.63, 3.8) is 0 Å². The van der Waals surface area contributed by atoms with Gasteiger partial charge in [-0.25, -0.2) is 0 Å². The summed E-state index contributed by atoms with van der Waals surface area (Å²) in [4.78, 5) is 6.76. The maximum absolute atomic E-state index is 9.44. The Morgan fingerprint density at radius 3 is 2.77 bits per heavy atom. The molecule has 0 fully saturated rings. The standard InChI is InChI=1S/C23H31N3/c1-7-12-23(4,17(3)8-2)21-10-9-18(16-24)14-20(21)22-15-19(26(5)6)11-13-25-22/h7,9,11-15,17,21H,8,10H2,1-6H3. The molecule has 138 valence electrons. The summed E-state index contributed by atoms with van der Waals surface area (Å²) in [5.74, 6) is 0.830. The second kappa shape index (κ2) is 8.36. The van der Waals surface area contributed by atoms with Crippen LogP contribution in [0.1, 0.15) is 46.2 Å². The van der Waals surface area contributed by atoms with Gasteiger partial charge in [-0.15, -0.1) is 0 Å². The highest BCUT2D eigenvalue weighted by Crippen LogP contribution is 2.49. The van der Waals surface area contributed by atoms with Gasteiger partial charge in [-0.3, -0.25) is 4.98 Å². The number of nitriles is 1. The van der Waals surface area contributed by atoms with E-state index in [9.17, 15) is 5.26 Å². The zero-order valence-corrected chi connectivity index (χ0v) is 17.0. The van der Waals surface area contributed by atoms with Crippen LogP contribution in [-0.4, -0.2) is 19.1 Å². The van der Waals surface area contributed by atoms with Crippen LogP contribution in [0.4, 0.5) is 5.69 Å². The topological polar surface area (TPSA) is 39.9 Å². The summed E-state index contributed by atoms with van der Waals surface area (Å²) in [6.45, 7) is 9.01. The number of anilines is 1. The smallest absolute Gasteiger partial charge is 0.0988 e. The molecule has 0 bridgehead atoms. The van der Waals surface area contributed by atoms with Crippen molar-refractivity contribution in [1.29, 1.82) is 5.26 Å². The third-order valence-corrected chi connectivity index (χ3v) is 5.90. The van der Waals surface area contributed by atoms with Crippen molar-refractivity contribution in [1.82, 2.24) is 4.98 Å². The Labute approximate surface area is 158 Å². The number of hydrogen-bond acceptors (Lipinski definition) is 3. The molecular weight excluding hydrogens is 318 g/mol. The van der Waals surface area contributed by atoms with Crippen molar-refractivity contribution in [2.75, 3.05) is 19.0 Å². The lowest BCUT2D eigenvalue weighted by atomic mass is 9.62. The molecule has 0 N–H and O–H groups in total. The lowest BCUT2D eigenvalue weighted by Crippen LogP contribution is -2.34. The lowest BCUT2D eigenvalue weighted by Gasteiger charge is -2.42.